The van der Waals surface area contributed by atoms with Crippen LogP contribution in [-0.2, 0) is 0 Å². The Balaban J connectivity index is 2.35. The van der Waals surface area contributed by atoms with Crippen molar-refractivity contribution < 1.29 is 5.11 Å². The molecule has 9 heavy (non-hydrogen) atoms. The summed E-state index contributed by atoms with van der Waals surface area (Å²) in [6.45, 7) is 0. The summed E-state index contributed by atoms with van der Waals surface area (Å²) >= 11 is 3.46. The van der Waals surface area contributed by atoms with E-state index < -0.39 is 0 Å². The van der Waals surface area contributed by atoms with Gasteiger partial charge in [-0.25, -0.2) is 0 Å². The number of aliphatic hydroxyl groups excluding tert-OH is 1. The Labute approximate surface area is 63.6 Å². The van der Waals surface area contributed by atoms with Crippen molar-refractivity contribution in [2.24, 2.45) is 5.73 Å². The minimum Gasteiger partial charge on any atom is -0.392 e. The SMILES string of the molecule is NC1CC(Br)CCC1O. The maximum Gasteiger partial charge on any atom is 0.0691 e. The fourth-order valence-corrected chi connectivity index (χ4v) is 1.83. The molecule has 0 aromatic rings. The first-order valence-electron chi connectivity index (χ1n) is 3.28. The van der Waals surface area contributed by atoms with Crippen molar-refractivity contribution in [1.29, 1.82) is 0 Å². The molecule has 3 atom stereocenters. The molecule has 3 unspecified atom stereocenters. The van der Waals surface area contributed by atoms with E-state index in [0.717, 1.165) is 19.3 Å². The lowest BCUT2D eigenvalue weighted by Gasteiger charge is -2.27. The molecule has 1 aliphatic carbocycles. The van der Waals surface area contributed by atoms with Crippen LogP contribution in [0, 0.1) is 0 Å². The summed E-state index contributed by atoms with van der Waals surface area (Å²) < 4.78 is 0. The van der Waals surface area contributed by atoms with Crippen LogP contribution in [0.1, 0.15) is 19.3 Å². The van der Waals surface area contributed by atoms with Gasteiger partial charge in [-0.3, -0.25) is 0 Å². The lowest BCUT2D eigenvalue weighted by molar-refractivity contribution is 0.111. The molecule has 54 valence electrons. The van der Waals surface area contributed by atoms with E-state index in [9.17, 15) is 0 Å². The molecule has 3 heteroatoms. The predicted molar refractivity (Wildman–Crippen MR) is 40.5 cm³/mol. The minimum atomic E-state index is -0.265. The Bertz CT molecular complexity index is 99.1. The number of aliphatic hydroxyl groups is 1. The molecule has 0 heterocycles. The molecule has 1 saturated carbocycles. The largest absolute Gasteiger partial charge is 0.392 e. The van der Waals surface area contributed by atoms with E-state index in [1.54, 1.807) is 0 Å². The van der Waals surface area contributed by atoms with Crippen molar-refractivity contribution in [1.82, 2.24) is 0 Å². The zero-order chi connectivity index (χ0) is 6.85. The smallest absolute Gasteiger partial charge is 0.0691 e. The maximum atomic E-state index is 9.15. The summed E-state index contributed by atoms with van der Waals surface area (Å²) in [5.41, 5.74) is 5.59. The second kappa shape index (κ2) is 2.99. The van der Waals surface area contributed by atoms with Crippen molar-refractivity contribution >= 4 is 15.9 Å². The monoisotopic (exact) mass is 193 g/mol. The summed E-state index contributed by atoms with van der Waals surface area (Å²) in [5.74, 6) is 0. The zero-order valence-corrected chi connectivity index (χ0v) is 6.84. The molecular formula is C6H12BrNO. The Morgan fingerprint density at radius 2 is 2.11 bits per heavy atom. The molecule has 1 rings (SSSR count). The normalized spacial score (nSPS) is 45.0. The van der Waals surface area contributed by atoms with Gasteiger partial charge < -0.3 is 10.8 Å². The van der Waals surface area contributed by atoms with Crippen LogP contribution in [0.2, 0.25) is 0 Å². The third-order valence-corrected chi connectivity index (χ3v) is 2.63. The van der Waals surface area contributed by atoms with Crippen LogP contribution in [-0.4, -0.2) is 22.1 Å². The number of alkyl halides is 1. The van der Waals surface area contributed by atoms with Gasteiger partial charge in [0.25, 0.3) is 0 Å². The zero-order valence-electron chi connectivity index (χ0n) is 5.26. The molecule has 0 aromatic heterocycles. The first kappa shape index (κ1) is 7.51. The number of nitrogens with two attached hydrogens (primary N) is 1. The minimum absolute atomic E-state index is 0.0110. The molecule has 0 bridgehead atoms. The van der Waals surface area contributed by atoms with Gasteiger partial charge in [-0.15, -0.1) is 0 Å². The number of hydrogen-bond acceptors (Lipinski definition) is 2. The Morgan fingerprint density at radius 1 is 1.44 bits per heavy atom. The molecule has 1 fully saturated rings. The highest BCUT2D eigenvalue weighted by molar-refractivity contribution is 9.09. The summed E-state index contributed by atoms with van der Waals surface area (Å²) in [6.07, 6.45) is 2.53. The van der Waals surface area contributed by atoms with E-state index in [2.05, 4.69) is 15.9 Å². The van der Waals surface area contributed by atoms with Crippen molar-refractivity contribution in [2.75, 3.05) is 0 Å². The summed E-state index contributed by atoms with van der Waals surface area (Å²) in [5, 5.41) is 9.15. The molecule has 0 aromatic carbocycles. The fourth-order valence-electron chi connectivity index (χ4n) is 1.14. The molecular weight excluding hydrogens is 182 g/mol. The highest BCUT2D eigenvalue weighted by Gasteiger charge is 2.24. The fraction of sp³-hybridized carbons (Fsp3) is 1.00. The van der Waals surface area contributed by atoms with Crippen LogP contribution in [0.4, 0.5) is 0 Å². The van der Waals surface area contributed by atoms with Gasteiger partial charge in [0.05, 0.1) is 6.10 Å². The third kappa shape index (κ3) is 1.92. The van der Waals surface area contributed by atoms with Crippen molar-refractivity contribution in [3.63, 3.8) is 0 Å². The molecule has 0 spiro atoms. The highest BCUT2D eigenvalue weighted by atomic mass is 79.9. The molecule has 1 aliphatic rings. The highest BCUT2D eigenvalue weighted by Crippen LogP contribution is 2.23. The van der Waals surface area contributed by atoms with E-state index in [-0.39, 0.29) is 12.1 Å². The van der Waals surface area contributed by atoms with Crippen LogP contribution in [0.15, 0.2) is 0 Å². The van der Waals surface area contributed by atoms with E-state index in [1.165, 1.54) is 0 Å². The van der Waals surface area contributed by atoms with Crippen molar-refractivity contribution in [2.45, 2.75) is 36.2 Å². The van der Waals surface area contributed by atoms with E-state index >= 15 is 0 Å². The van der Waals surface area contributed by atoms with Crippen molar-refractivity contribution in [3.8, 4) is 0 Å². The summed E-state index contributed by atoms with van der Waals surface area (Å²) in [7, 11) is 0. The topological polar surface area (TPSA) is 46.2 Å². The standard InChI is InChI=1S/C6H12BrNO/c7-4-1-2-6(9)5(8)3-4/h4-6,9H,1-3,8H2. The Morgan fingerprint density at radius 3 is 2.56 bits per heavy atom. The van der Waals surface area contributed by atoms with Crippen LogP contribution < -0.4 is 5.73 Å². The lowest BCUT2D eigenvalue weighted by Crippen LogP contribution is -2.40. The second-order valence-corrected chi connectivity index (χ2v) is 3.94. The molecule has 2 nitrogen and oxygen atoms in total. The first-order chi connectivity index (χ1) is 4.20. The maximum absolute atomic E-state index is 9.15. The van der Waals surface area contributed by atoms with Gasteiger partial charge in [-0.2, -0.15) is 0 Å². The van der Waals surface area contributed by atoms with Gasteiger partial charge in [-0.1, -0.05) is 15.9 Å². The predicted octanol–water partition coefficient (Wildman–Crippen LogP) is 0.622. The van der Waals surface area contributed by atoms with Gasteiger partial charge in [0, 0.05) is 10.9 Å². The Hall–Kier alpha value is 0.400. The molecule has 0 radical (unpaired) electrons. The quantitative estimate of drug-likeness (QED) is 0.555. The third-order valence-electron chi connectivity index (χ3n) is 1.80. The van der Waals surface area contributed by atoms with Crippen LogP contribution in [0.3, 0.4) is 0 Å². The van der Waals surface area contributed by atoms with Crippen molar-refractivity contribution in [3.05, 3.63) is 0 Å². The van der Waals surface area contributed by atoms with E-state index in [1.807, 2.05) is 0 Å². The molecule has 0 aliphatic heterocycles. The second-order valence-electron chi connectivity index (χ2n) is 2.64. The van der Waals surface area contributed by atoms with Crippen LogP contribution >= 0.6 is 15.9 Å². The summed E-state index contributed by atoms with van der Waals surface area (Å²) in [4.78, 5) is 0.524. The first-order valence-corrected chi connectivity index (χ1v) is 4.19. The van der Waals surface area contributed by atoms with Gasteiger partial charge >= 0.3 is 0 Å². The van der Waals surface area contributed by atoms with Gasteiger partial charge in [-0.05, 0) is 19.3 Å². The van der Waals surface area contributed by atoms with Crippen LogP contribution in [0.25, 0.3) is 0 Å². The number of rotatable bonds is 0. The van der Waals surface area contributed by atoms with Gasteiger partial charge in [0.15, 0.2) is 0 Å². The van der Waals surface area contributed by atoms with Gasteiger partial charge in [0.1, 0.15) is 0 Å². The van der Waals surface area contributed by atoms with E-state index in [4.69, 9.17) is 10.8 Å². The Kier molecular flexibility index (Phi) is 2.50. The number of halogens is 1. The van der Waals surface area contributed by atoms with Crippen LogP contribution in [0.5, 0.6) is 0 Å². The average Bonchev–Trinajstić information content (AvgIpc) is 1.80. The molecule has 0 saturated heterocycles. The lowest BCUT2D eigenvalue weighted by atomic mass is 9.93. The van der Waals surface area contributed by atoms with Gasteiger partial charge in [0.2, 0.25) is 0 Å². The van der Waals surface area contributed by atoms with E-state index in [0.29, 0.717) is 4.83 Å². The number of hydrogen-bond donors (Lipinski definition) is 2. The molecule has 3 N–H and O–H groups in total. The average molecular weight is 194 g/mol. The molecule has 0 amide bonds. The summed E-state index contributed by atoms with van der Waals surface area (Å²) in [6, 6.07) is -0.0110.